The largest absolute Gasteiger partial charge is 0.341 e. The van der Waals surface area contributed by atoms with Gasteiger partial charge >= 0.3 is 0 Å². The van der Waals surface area contributed by atoms with Gasteiger partial charge < -0.3 is 9.47 Å². The van der Waals surface area contributed by atoms with E-state index in [4.69, 9.17) is 9.47 Å². The molecule has 0 atom stereocenters. The van der Waals surface area contributed by atoms with Crippen molar-refractivity contribution in [3.05, 3.63) is 24.3 Å². The van der Waals surface area contributed by atoms with Crippen LogP contribution < -0.4 is 0 Å². The fraction of sp³-hybridized carbons (Fsp3) is 0.556. The third kappa shape index (κ3) is 1.37. The van der Waals surface area contributed by atoms with Crippen molar-refractivity contribution in [2.24, 2.45) is 0 Å². The first-order valence-electron chi connectivity index (χ1n) is 4.05. The van der Waals surface area contributed by atoms with Crippen LogP contribution in [0.4, 0.5) is 0 Å². The van der Waals surface area contributed by atoms with Crippen molar-refractivity contribution in [1.82, 2.24) is 0 Å². The monoisotopic (exact) mass is 152 g/mol. The summed E-state index contributed by atoms with van der Waals surface area (Å²) in [5.41, 5.74) is 0. The number of allylic oxidation sites excluding steroid dienone is 2. The molecule has 1 saturated heterocycles. The van der Waals surface area contributed by atoms with Crippen LogP contribution >= 0.6 is 0 Å². The molecule has 1 fully saturated rings. The molecule has 1 aliphatic heterocycles. The summed E-state index contributed by atoms with van der Waals surface area (Å²) < 4.78 is 10.9. The van der Waals surface area contributed by atoms with Crippen LogP contribution in [0.2, 0.25) is 0 Å². The van der Waals surface area contributed by atoms with Crippen LogP contribution in [0.15, 0.2) is 24.3 Å². The Morgan fingerprint density at radius 3 is 2.00 bits per heavy atom. The van der Waals surface area contributed by atoms with E-state index in [1.165, 1.54) is 0 Å². The lowest BCUT2D eigenvalue weighted by molar-refractivity contribution is -0.0742. The fourth-order valence-corrected chi connectivity index (χ4v) is 1.38. The summed E-state index contributed by atoms with van der Waals surface area (Å²) in [6, 6.07) is 0. The van der Waals surface area contributed by atoms with Crippen LogP contribution in [0.5, 0.6) is 0 Å². The highest BCUT2D eigenvalue weighted by atomic mass is 16.7. The van der Waals surface area contributed by atoms with Crippen molar-refractivity contribution < 1.29 is 9.47 Å². The molecular weight excluding hydrogens is 140 g/mol. The molecule has 60 valence electrons. The summed E-state index contributed by atoms with van der Waals surface area (Å²) in [4.78, 5) is 0. The number of hydrogen-bond acceptors (Lipinski definition) is 2. The van der Waals surface area contributed by atoms with E-state index in [1.54, 1.807) is 0 Å². The van der Waals surface area contributed by atoms with Crippen LogP contribution in [-0.4, -0.2) is 19.0 Å². The maximum atomic E-state index is 5.47. The number of rotatable bonds is 0. The zero-order valence-electron chi connectivity index (χ0n) is 6.45. The molecule has 1 spiro atoms. The molecule has 1 heterocycles. The summed E-state index contributed by atoms with van der Waals surface area (Å²) in [7, 11) is 0. The molecule has 0 amide bonds. The van der Waals surface area contributed by atoms with E-state index in [1.807, 2.05) is 12.2 Å². The lowest BCUT2D eigenvalue weighted by Gasteiger charge is -2.17. The summed E-state index contributed by atoms with van der Waals surface area (Å²) in [6.45, 7) is 1.41. The van der Waals surface area contributed by atoms with Gasteiger partial charge in [0.15, 0.2) is 0 Å². The van der Waals surface area contributed by atoms with Gasteiger partial charge in [-0.1, -0.05) is 12.2 Å². The van der Waals surface area contributed by atoms with Crippen LogP contribution in [0.1, 0.15) is 12.8 Å². The van der Waals surface area contributed by atoms with Gasteiger partial charge in [0.25, 0.3) is 0 Å². The summed E-state index contributed by atoms with van der Waals surface area (Å²) in [5.74, 6) is -0.503. The minimum absolute atomic E-state index is 0.503. The maximum absolute atomic E-state index is 5.47. The molecule has 0 N–H and O–H groups in total. The Morgan fingerprint density at radius 1 is 0.909 bits per heavy atom. The van der Waals surface area contributed by atoms with Gasteiger partial charge in [-0.05, 0) is 25.0 Å². The van der Waals surface area contributed by atoms with Gasteiger partial charge in [0.05, 0.1) is 13.2 Å². The smallest absolute Gasteiger partial charge is 0.208 e. The Hall–Kier alpha value is -0.600. The second-order valence-corrected chi connectivity index (χ2v) is 2.80. The van der Waals surface area contributed by atoms with Gasteiger partial charge in [-0.25, -0.2) is 0 Å². The molecule has 2 aliphatic rings. The summed E-state index contributed by atoms with van der Waals surface area (Å²) >= 11 is 0. The van der Waals surface area contributed by atoms with E-state index in [0.717, 1.165) is 12.8 Å². The maximum Gasteiger partial charge on any atom is 0.208 e. The van der Waals surface area contributed by atoms with Crippen molar-refractivity contribution >= 4 is 0 Å². The SMILES string of the molecule is C1=CC2(C=CCC1)OCCO2. The molecule has 1 aliphatic carbocycles. The second kappa shape index (κ2) is 2.80. The van der Waals surface area contributed by atoms with Crippen LogP contribution in [0.3, 0.4) is 0 Å². The number of hydrogen-bond donors (Lipinski definition) is 0. The highest BCUT2D eigenvalue weighted by Gasteiger charge is 2.30. The van der Waals surface area contributed by atoms with Crippen LogP contribution in [0.25, 0.3) is 0 Å². The highest BCUT2D eigenvalue weighted by molar-refractivity contribution is 5.13. The van der Waals surface area contributed by atoms with Gasteiger partial charge in [0, 0.05) is 0 Å². The highest BCUT2D eigenvalue weighted by Crippen LogP contribution is 2.25. The molecule has 2 heteroatoms. The molecule has 0 saturated carbocycles. The Kier molecular flexibility index (Phi) is 1.80. The lowest BCUT2D eigenvalue weighted by Crippen LogP contribution is -2.23. The summed E-state index contributed by atoms with van der Waals surface area (Å²) in [5, 5.41) is 0. The molecule has 0 aromatic heterocycles. The van der Waals surface area contributed by atoms with Gasteiger partial charge in [-0.15, -0.1) is 0 Å². The van der Waals surface area contributed by atoms with E-state index < -0.39 is 5.79 Å². The van der Waals surface area contributed by atoms with Crippen molar-refractivity contribution in [1.29, 1.82) is 0 Å². The predicted octanol–water partition coefficient (Wildman–Crippen LogP) is 1.64. The molecule has 11 heavy (non-hydrogen) atoms. The van der Waals surface area contributed by atoms with Gasteiger partial charge in [-0.2, -0.15) is 0 Å². The summed E-state index contributed by atoms with van der Waals surface area (Å²) in [6.07, 6.45) is 10.4. The van der Waals surface area contributed by atoms with Crippen molar-refractivity contribution in [2.75, 3.05) is 13.2 Å². The Labute approximate surface area is 66.5 Å². The average Bonchev–Trinajstić information content (AvgIpc) is 2.32. The third-order valence-corrected chi connectivity index (χ3v) is 1.94. The molecule has 0 aromatic rings. The van der Waals surface area contributed by atoms with E-state index in [9.17, 15) is 0 Å². The van der Waals surface area contributed by atoms with Gasteiger partial charge in [0.2, 0.25) is 5.79 Å². The van der Waals surface area contributed by atoms with Crippen LogP contribution in [0, 0.1) is 0 Å². The molecule has 0 radical (unpaired) electrons. The molecular formula is C9H12O2. The quantitative estimate of drug-likeness (QED) is 0.491. The molecule has 2 rings (SSSR count). The Balaban J connectivity index is 2.19. The Bertz CT molecular complexity index is 172. The molecule has 2 nitrogen and oxygen atoms in total. The van der Waals surface area contributed by atoms with E-state index in [-0.39, 0.29) is 0 Å². The van der Waals surface area contributed by atoms with Crippen molar-refractivity contribution in [3.63, 3.8) is 0 Å². The molecule has 0 bridgehead atoms. The van der Waals surface area contributed by atoms with Crippen molar-refractivity contribution in [3.8, 4) is 0 Å². The number of ether oxygens (including phenoxy) is 2. The van der Waals surface area contributed by atoms with E-state index >= 15 is 0 Å². The Morgan fingerprint density at radius 2 is 1.45 bits per heavy atom. The molecule has 0 unspecified atom stereocenters. The zero-order valence-corrected chi connectivity index (χ0v) is 6.45. The lowest BCUT2D eigenvalue weighted by atomic mass is 10.2. The van der Waals surface area contributed by atoms with Crippen molar-refractivity contribution in [2.45, 2.75) is 18.6 Å². The van der Waals surface area contributed by atoms with Gasteiger partial charge in [-0.3, -0.25) is 0 Å². The minimum atomic E-state index is -0.503. The second-order valence-electron chi connectivity index (χ2n) is 2.80. The first-order valence-corrected chi connectivity index (χ1v) is 4.05. The van der Waals surface area contributed by atoms with Gasteiger partial charge in [0.1, 0.15) is 0 Å². The molecule has 0 aromatic carbocycles. The first kappa shape index (κ1) is 7.07. The topological polar surface area (TPSA) is 18.5 Å². The minimum Gasteiger partial charge on any atom is -0.341 e. The fourth-order valence-electron chi connectivity index (χ4n) is 1.38. The predicted molar refractivity (Wildman–Crippen MR) is 42.1 cm³/mol. The normalized spacial score (nSPS) is 27.6. The third-order valence-electron chi connectivity index (χ3n) is 1.94. The zero-order chi connectivity index (χ0) is 7.57. The van der Waals surface area contributed by atoms with Crippen LogP contribution in [-0.2, 0) is 9.47 Å². The van der Waals surface area contributed by atoms with E-state index in [2.05, 4.69) is 12.2 Å². The standard InChI is InChI=1S/C9H12O2/c1-2-4-6-9(5-3-1)10-7-8-11-9/h3-6H,1-2,7-8H2. The van der Waals surface area contributed by atoms with E-state index in [0.29, 0.717) is 13.2 Å². The first-order chi connectivity index (χ1) is 5.41. The average molecular weight is 152 g/mol.